The molecule has 1 saturated heterocycles. The van der Waals surface area contributed by atoms with Crippen molar-refractivity contribution in [2.45, 2.75) is 45.4 Å². The smallest absolute Gasteiger partial charge is 0.286 e. The Hall–Kier alpha value is -2.53. The maximum Gasteiger partial charge on any atom is 0.286 e. The number of phenolic OH excluding ortho intramolecular Hbond substituents is 1. The van der Waals surface area contributed by atoms with E-state index in [9.17, 15) is 9.90 Å². The van der Waals surface area contributed by atoms with Gasteiger partial charge in [0.05, 0.1) is 4.91 Å². The number of amides is 1. The fourth-order valence-corrected chi connectivity index (χ4v) is 4.81. The molecule has 0 saturated carbocycles. The third-order valence-corrected chi connectivity index (χ3v) is 7.16. The van der Waals surface area contributed by atoms with Gasteiger partial charge in [0.1, 0.15) is 5.75 Å². The van der Waals surface area contributed by atoms with Crippen molar-refractivity contribution >= 4 is 28.9 Å². The Morgan fingerprint density at radius 3 is 2.60 bits per heavy atom. The van der Waals surface area contributed by atoms with Gasteiger partial charge < -0.3 is 10.0 Å². The van der Waals surface area contributed by atoms with Gasteiger partial charge in [-0.3, -0.25) is 4.79 Å². The summed E-state index contributed by atoms with van der Waals surface area (Å²) in [6.45, 7) is 8.40. The molecule has 0 spiro atoms. The van der Waals surface area contributed by atoms with Gasteiger partial charge >= 0.3 is 0 Å². The average Bonchev–Trinajstić information content (AvgIpc) is 3.39. The molecule has 1 N–H and O–H groups in total. The molecular weight excluding hydrogens is 392 g/mol. The molecule has 4 nitrogen and oxygen atoms in total. The van der Waals surface area contributed by atoms with Gasteiger partial charge in [0.25, 0.3) is 5.91 Å². The van der Waals surface area contributed by atoms with Crippen LogP contribution in [0, 0.1) is 0 Å². The number of aliphatic imine (C=N–C) groups is 1. The molecule has 1 fully saturated rings. The van der Waals surface area contributed by atoms with E-state index in [0.717, 1.165) is 59.8 Å². The Kier molecular flexibility index (Phi) is 5.74. The zero-order chi connectivity index (χ0) is 21.3. The second-order valence-corrected chi connectivity index (χ2v) is 9.61. The molecule has 5 heteroatoms. The van der Waals surface area contributed by atoms with Crippen LogP contribution in [0.15, 0.2) is 52.4 Å². The summed E-state index contributed by atoms with van der Waals surface area (Å²) in [5, 5.41) is 11.2. The quantitative estimate of drug-likeness (QED) is 0.634. The molecule has 0 radical (unpaired) electrons. The monoisotopic (exact) mass is 420 g/mol. The summed E-state index contributed by atoms with van der Waals surface area (Å²) in [4.78, 5) is 19.5. The fourth-order valence-electron chi connectivity index (χ4n) is 3.85. The first-order chi connectivity index (χ1) is 14.4. The van der Waals surface area contributed by atoms with E-state index in [0.29, 0.717) is 10.7 Å². The molecule has 0 aromatic heterocycles. The Morgan fingerprint density at radius 2 is 1.87 bits per heavy atom. The molecule has 0 bridgehead atoms. The van der Waals surface area contributed by atoms with Gasteiger partial charge in [0.15, 0.2) is 5.17 Å². The van der Waals surface area contributed by atoms with Crippen molar-refractivity contribution in [3.05, 3.63) is 58.5 Å². The zero-order valence-corrected chi connectivity index (χ0v) is 18.6. The number of aromatic hydroxyl groups is 1. The van der Waals surface area contributed by atoms with Crippen molar-refractivity contribution in [1.82, 2.24) is 4.90 Å². The molecule has 2 heterocycles. The molecule has 4 rings (SSSR count). The van der Waals surface area contributed by atoms with Crippen molar-refractivity contribution in [1.29, 1.82) is 0 Å². The number of carbonyl (C=O) groups is 1. The zero-order valence-electron chi connectivity index (χ0n) is 17.8. The maximum atomic E-state index is 12.4. The number of carbonyl (C=O) groups excluding carboxylic acids is 1. The first kappa shape index (κ1) is 20.7. The molecule has 0 unspecified atom stereocenters. The second kappa shape index (κ2) is 8.31. The van der Waals surface area contributed by atoms with Gasteiger partial charge in [-0.05, 0) is 77.4 Å². The highest BCUT2D eigenvalue weighted by atomic mass is 32.2. The van der Waals surface area contributed by atoms with Crippen LogP contribution in [-0.2, 0) is 10.2 Å². The number of phenols is 1. The van der Waals surface area contributed by atoms with Crippen molar-refractivity contribution in [3.8, 4) is 16.9 Å². The number of nitrogens with zero attached hydrogens (tertiary/aromatic N) is 2. The molecule has 2 aliphatic heterocycles. The summed E-state index contributed by atoms with van der Waals surface area (Å²) < 4.78 is 0. The lowest BCUT2D eigenvalue weighted by molar-refractivity contribution is -0.113. The minimum absolute atomic E-state index is 0.101. The first-order valence-electron chi connectivity index (χ1n) is 10.6. The number of benzene rings is 2. The van der Waals surface area contributed by atoms with Crippen LogP contribution in [0.5, 0.6) is 5.75 Å². The van der Waals surface area contributed by atoms with Gasteiger partial charge in [0.2, 0.25) is 0 Å². The van der Waals surface area contributed by atoms with E-state index in [1.165, 1.54) is 11.8 Å². The van der Waals surface area contributed by atoms with Crippen molar-refractivity contribution < 1.29 is 9.90 Å². The maximum absolute atomic E-state index is 12.4. The van der Waals surface area contributed by atoms with Crippen LogP contribution in [0.4, 0.5) is 0 Å². The summed E-state index contributed by atoms with van der Waals surface area (Å²) in [6, 6.07) is 14.0. The molecule has 2 aliphatic rings. The summed E-state index contributed by atoms with van der Waals surface area (Å²) in [5.41, 5.74) is 3.95. The number of hydrogen-bond acceptors (Lipinski definition) is 4. The Morgan fingerprint density at radius 1 is 1.13 bits per heavy atom. The van der Waals surface area contributed by atoms with Crippen LogP contribution in [0.1, 0.15) is 51.2 Å². The van der Waals surface area contributed by atoms with E-state index >= 15 is 0 Å². The summed E-state index contributed by atoms with van der Waals surface area (Å²) in [6.07, 6.45) is 5.20. The van der Waals surface area contributed by atoms with Crippen LogP contribution < -0.4 is 0 Å². The van der Waals surface area contributed by atoms with Crippen molar-refractivity contribution in [2.24, 2.45) is 4.99 Å². The molecule has 30 heavy (non-hydrogen) atoms. The van der Waals surface area contributed by atoms with E-state index in [2.05, 4.69) is 48.9 Å². The fraction of sp³-hybridized carbons (Fsp3) is 0.360. The molecule has 0 atom stereocenters. The van der Waals surface area contributed by atoms with Crippen LogP contribution in [-0.4, -0.2) is 34.2 Å². The number of likely N-dealkylation sites (tertiary alicyclic amines) is 1. The van der Waals surface area contributed by atoms with Crippen LogP contribution in [0.25, 0.3) is 17.2 Å². The molecule has 2 aromatic rings. The van der Waals surface area contributed by atoms with E-state index in [1.807, 2.05) is 24.3 Å². The largest absolute Gasteiger partial charge is 0.508 e. The van der Waals surface area contributed by atoms with Gasteiger partial charge in [-0.1, -0.05) is 45.0 Å². The minimum Gasteiger partial charge on any atom is -0.508 e. The Labute approximate surface area is 182 Å². The van der Waals surface area contributed by atoms with Crippen molar-refractivity contribution in [2.75, 3.05) is 13.1 Å². The molecule has 1 amide bonds. The average molecular weight is 421 g/mol. The molecular formula is C25H28N2O2S. The van der Waals surface area contributed by atoms with Crippen LogP contribution in [0.2, 0.25) is 0 Å². The van der Waals surface area contributed by atoms with Crippen LogP contribution >= 0.6 is 11.8 Å². The number of rotatable bonds is 4. The van der Waals surface area contributed by atoms with Crippen LogP contribution in [0.3, 0.4) is 0 Å². The highest BCUT2D eigenvalue weighted by Gasteiger charge is 2.27. The second-order valence-electron chi connectivity index (χ2n) is 8.60. The topological polar surface area (TPSA) is 52.9 Å². The van der Waals surface area contributed by atoms with E-state index in [1.54, 1.807) is 6.07 Å². The SMILES string of the molecule is CCC(C)(C)c1cc(-c2cccc(/C=C3/SC(N4CCCC4)=NC3=O)c2)ccc1O. The van der Waals surface area contributed by atoms with E-state index < -0.39 is 0 Å². The Balaban J connectivity index is 1.60. The van der Waals surface area contributed by atoms with E-state index in [-0.39, 0.29) is 11.3 Å². The highest BCUT2D eigenvalue weighted by molar-refractivity contribution is 8.18. The molecule has 156 valence electrons. The third kappa shape index (κ3) is 4.17. The Bertz CT molecular complexity index is 1030. The summed E-state index contributed by atoms with van der Waals surface area (Å²) >= 11 is 1.48. The minimum atomic E-state index is -0.149. The standard InChI is InChI=1S/C25H28N2O2S/c1-4-25(2,3)20-16-19(10-11-21(20)28)18-9-7-8-17(14-18)15-22-23(29)26-24(30-22)27-12-5-6-13-27/h7-11,14-16,28H,4-6,12-13H2,1-3H3/b22-15+. The van der Waals surface area contributed by atoms with Gasteiger partial charge in [-0.2, -0.15) is 4.99 Å². The van der Waals surface area contributed by atoms with E-state index in [4.69, 9.17) is 0 Å². The lowest BCUT2D eigenvalue weighted by Crippen LogP contribution is -2.23. The lowest BCUT2D eigenvalue weighted by Gasteiger charge is -2.25. The third-order valence-electron chi connectivity index (χ3n) is 6.11. The van der Waals surface area contributed by atoms with Gasteiger partial charge in [-0.15, -0.1) is 0 Å². The van der Waals surface area contributed by atoms with Crippen molar-refractivity contribution in [3.63, 3.8) is 0 Å². The number of hydrogen-bond donors (Lipinski definition) is 1. The summed E-state index contributed by atoms with van der Waals surface area (Å²) in [7, 11) is 0. The lowest BCUT2D eigenvalue weighted by atomic mass is 9.80. The highest BCUT2D eigenvalue weighted by Crippen LogP contribution is 2.37. The predicted molar refractivity (Wildman–Crippen MR) is 126 cm³/mol. The number of amidine groups is 1. The van der Waals surface area contributed by atoms with Gasteiger partial charge in [0, 0.05) is 18.7 Å². The molecule has 0 aliphatic carbocycles. The van der Waals surface area contributed by atoms with Gasteiger partial charge in [-0.25, -0.2) is 0 Å². The predicted octanol–water partition coefficient (Wildman–Crippen LogP) is 5.81. The molecule has 2 aromatic carbocycles. The first-order valence-corrected chi connectivity index (χ1v) is 11.4. The normalized spacial score (nSPS) is 18.4. The summed E-state index contributed by atoms with van der Waals surface area (Å²) in [5.74, 6) is 0.187. The number of thioether (sulfide) groups is 1.